The maximum atomic E-state index is 13.7. The lowest BCUT2D eigenvalue weighted by molar-refractivity contribution is 0.173. The molecule has 2 aromatic carbocycles. The monoisotopic (exact) mass is 346 g/mol. The van der Waals surface area contributed by atoms with E-state index < -0.39 is 17.7 Å². The maximum absolute atomic E-state index is 13.7. The van der Waals surface area contributed by atoms with Gasteiger partial charge in [0.05, 0.1) is 10.6 Å². The normalized spacial score (nSPS) is 12.5. The summed E-state index contributed by atoms with van der Waals surface area (Å²) < 4.78 is 27.3. The van der Waals surface area contributed by atoms with Crippen LogP contribution < -0.4 is 0 Å². The van der Waals surface area contributed by atoms with Crippen LogP contribution in [0.1, 0.15) is 17.2 Å². The molecule has 0 radical (unpaired) electrons. The molecule has 100 valence electrons. The van der Waals surface area contributed by atoms with Crippen LogP contribution in [0.15, 0.2) is 40.9 Å². The van der Waals surface area contributed by atoms with E-state index in [2.05, 4.69) is 15.9 Å². The summed E-state index contributed by atoms with van der Waals surface area (Å²) in [4.78, 5) is 0. The van der Waals surface area contributed by atoms with Crippen LogP contribution in [0.2, 0.25) is 5.02 Å². The van der Waals surface area contributed by atoms with E-state index in [1.807, 2.05) is 0 Å². The fourth-order valence-electron chi connectivity index (χ4n) is 1.85. The van der Waals surface area contributed by atoms with E-state index in [1.54, 1.807) is 6.07 Å². The highest BCUT2D eigenvalue weighted by Gasteiger charge is 2.18. The zero-order chi connectivity index (χ0) is 14.0. The van der Waals surface area contributed by atoms with Gasteiger partial charge in [-0.1, -0.05) is 29.8 Å². The molecular weight excluding hydrogens is 338 g/mol. The summed E-state index contributed by atoms with van der Waals surface area (Å²) in [7, 11) is 0. The van der Waals surface area contributed by atoms with Gasteiger partial charge in [-0.25, -0.2) is 8.78 Å². The zero-order valence-corrected chi connectivity index (χ0v) is 12.0. The molecule has 0 aromatic heterocycles. The van der Waals surface area contributed by atoms with Crippen molar-refractivity contribution >= 4 is 27.5 Å². The number of aliphatic hydroxyl groups excluding tert-OH is 1. The van der Waals surface area contributed by atoms with Crippen molar-refractivity contribution in [2.45, 2.75) is 12.5 Å². The Kier molecular flexibility index (Phi) is 4.55. The van der Waals surface area contributed by atoms with Gasteiger partial charge < -0.3 is 5.11 Å². The zero-order valence-electron chi connectivity index (χ0n) is 9.71. The van der Waals surface area contributed by atoms with Crippen LogP contribution in [0, 0.1) is 11.6 Å². The van der Waals surface area contributed by atoms with Gasteiger partial charge in [0.1, 0.15) is 11.6 Å². The van der Waals surface area contributed by atoms with E-state index in [1.165, 1.54) is 30.3 Å². The molecule has 0 saturated carbocycles. The van der Waals surface area contributed by atoms with Crippen molar-refractivity contribution in [3.63, 3.8) is 0 Å². The molecule has 0 spiro atoms. The van der Waals surface area contributed by atoms with E-state index in [9.17, 15) is 13.9 Å². The molecule has 2 rings (SSSR count). The SMILES string of the molecule is OC(Cc1cccc(F)c1Br)c1c(F)cccc1Cl. The molecule has 0 heterocycles. The predicted octanol–water partition coefficient (Wildman–Crippen LogP) is 4.66. The van der Waals surface area contributed by atoms with Crippen LogP contribution in [-0.4, -0.2) is 5.11 Å². The first kappa shape index (κ1) is 14.4. The summed E-state index contributed by atoms with van der Waals surface area (Å²) in [6.07, 6.45) is -1.06. The average Bonchev–Trinajstić information content (AvgIpc) is 2.35. The standard InChI is InChI=1S/C14H10BrClF2O/c15-14-8(3-1-6-11(14)18)7-12(19)13-9(16)4-2-5-10(13)17/h1-6,12,19H,7H2. The topological polar surface area (TPSA) is 20.2 Å². The van der Waals surface area contributed by atoms with Gasteiger partial charge in [-0.3, -0.25) is 0 Å². The Bertz CT molecular complexity index is 584. The minimum absolute atomic E-state index is 0.0281. The summed E-state index contributed by atoms with van der Waals surface area (Å²) in [5.41, 5.74) is 0.576. The van der Waals surface area contributed by atoms with E-state index in [4.69, 9.17) is 11.6 Å². The van der Waals surface area contributed by atoms with Crippen LogP contribution in [0.5, 0.6) is 0 Å². The molecule has 0 bridgehead atoms. The number of aliphatic hydroxyl groups is 1. The lowest BCUT2D eigenvalue weighted by Crippen LogP contribution is -2.06. The number of benzene rings is 2. The van der Waals surface area contributed by atoms with Gasteiger partial charge in [0.15, 0.2) is 0 Å². The van der Waals surface area contributed by atoms with Gasteiger partial charge in [0, 0.05) is 17.0 Å². The van der Waals surface area contributed by atoms with Gasteiger partial charge in [0.2, 0.25) is 0 Å². The molecule has 1 atom stereocenters. The third kappa shape index (κ3) is 3.14. The lowest BCUT2D eigenvalue weighted by Gasteiger charge is -2.14. The second kappa shape index (κ2) is 5.99. The molecule has 0 aliphatic heterocycles. The quantitative estimate of drug-likeness (QED) is 0.856. The third-order valence-electron chi connectivity index (χ3n) is 2.78. The molecule has 19 heavy (non-hydrogen) atoms. The smallest absolute Gasteiger partial charge is 0.137 e. The van der Waals surface area contributed by atoms with Crippen LogP contribution in [0.25, 0.3) is 0 Å². The Labute approximate surface area is 123 Å². The molecule has 1 nitrogen and oxygen atoms in total. The van der Waals surface area contributed by atoms with E-state index in [-0.39, 0.29) is 21.5 Å². The summed E-state index contributed by atoms with van der Waals surface area (Å²) >= 11 is 8.98. The Morgan fingerprint density at radius 1 is 1.11 bits per heavy atom. The highest BCUT2D eigenvalue weighted by Crippen LogP contribution is 2.30. The van der Waals surface area contributed by atoms with Crippen LogP contribution in [-0.2, 0) is 6.42 Å². The van der Waals surface area contributed by atoms with Crippen molar-refractivity contribution in [3.8, 4) is 0 Å². The number of rotatable bonds is 3. The molecule has 0 amide bonds. The lowest BCUT2D eigenvalue weighted by atomic mass is 10.0. The van der Waals surface area contributed by atoms with Crippen LogP contribution in [0.4, 0.5) is 8.78 Å². The molecule has 0 fully saturated rings. The van der Waals surface area contributed by atoms with Crippen molar-refractivity contribution in [2.75, 3.05) is 0 Å². The third-order valence-corrected chi connectivity index (χ3v) is 4.00. The second-order valence-electron chi connectivity index (χ2n) is 4.07. The molecule has 0 aliphatic carbocycles. The fraction of sp³-hybridized carbons (Fsp3) is 0.143. The van der Waals surface area contributed by atoms with E-state index >= 15 is 0 Å². The van der Waals surface area contributed by atoms with Crippen molar-refractivity contribution in [2.24, 2.45) is 0 Å². The Morgan fingerprint density at radius 2 is 1.74 bits per heavy atom. The highest BCUT2D eigenvalue weighted by atomic mass is 79.9. The van der Waals surface area contributed by atoms with Gasteiger partial charge in [0.25, 0.3) is 0 Å². The van der Waals surface area contributed by atoms with Gasteiger partial charge >= 0.3 is 0 Å². The summed E-state index contributed by atoms with van der Waals surface area (Å²) in [5.74, 6) is -1.00. The largest absolute Gasteiger partial charge is 0.388 e. The van der Waals surface area contributed by atoms with Crippen molar-refractivity contribution < 1.29 is 13.9 Å². The van der Waals surface area contributed by atoms with Crippen molar-refractivity contribution in [1.82, 2.24) is 0 Å². The second-order valence-corrected chi connectivity index (χ2v) is 5.27. The Hall–Kier alpha value is -0.970. The Balaban J connectivity index is 2.31. The molecular formula is C14H10BrClF2O. The molecule has 2 aromatic rings. The molecule has 1 unspecified atom stereocenters. The predicted molar refractivity (Wildman–Crippen MR) is 74.2 cm³/mol. The fourth-order valence-corrected chi connectivity index (χ4v) is 2.56. The van der Waals surface area contributed by atoms with Crippen LogP contribution >= 0.6 is 27.5 Å². The van der Waals surface area contributed by atoms with E-state index in [0.717, 1.165) is 0 Å². The first-order chi connectivity index (χ1) is 9.00. The summed E-state index contributed by atoms with van der Waals surface area (Å²) in [6.45, 7) is 0. The molecule has 0 saturated heterocycles. The maximum Gasteiger partial charge on any atom is 0.137 e. The van der Waals surface area contributed by atoms with Crippen LogP contribution in [0.3, 0.4) is 0 Å². The average molecular weight is 348 g/mol. The number of hydrogen-bond acceptors (Lipinski definition) is 1. The van der Waals surface area contributed by atoms with E-state index in [0.29, 0.717) is 5.56 Å². The van der Waals surface area contributed by atoms with Crippen molar-refractivity contribution in [1.29, 1.82) is 0 Å². The number of halogens is 4. The highest BCUT2D eigenvalue weighted by molar-refractivity contribution is 9.10. The molecule has 1 N–H and O–H groups in total. The van der Waals surface area contributed by atoms with Gasteiger partial charge in [-0.15, -0.1) is 0 Å². The number of hydrogen-bond donors (Lipinski definition) is 1. The first-order valence-electron chi connectivity index (χ1n) is 5.55. The Morgan fingerprint density at radius 3 is 2.42 bits per heavy atom. The molecule has 5 heteroatoms. The minimum Gasteiger partial charge on any atom is -0.388 e. The van der Waals surface area contributed by atoms with Gasteiger partial charge in [-0.2, -0.15) is 0 Å². The van der Waals surface area contributed by atoms with Gasteiger partial charge in [-0.05, 0) is 39.7 Å². The minimum atomic E-state index is -1.13. The summed E-state index contributed by atoms with van der Waals surface area (Å²) in [6, 6.07) is 8.69. The summed E-state index contributed by atoms with van der Waals surface area (Å²) in [5, 5.41) is 10.2. The van der Waals surface area contributed by atoms with Crippen molar-refractivity contribution in [3.05, 3.63) is 68.7 Å². The first-order valence-corrected chi connectivity index (χ1v) is 6.72. The molecule has 0 aliphatic rings.